The molecule has 2 nitrogen and oxygen atoms in total. The van der Waals surface area contributed by atoms with Gasteiger partial charge in [0.25, 0.3) is 0 Å². The Labute approximate surface area is 148 Å². The molecule has 1 unspecified atom stereocenters. The number of nitrogens with zero attached hydrogens (tertiary/aromatic N) is 1. The predicted molar refractivity (Wildman–Crippen MR) is 97.8 cm³/mol. The molecular formula is C17H18FNOS3. The zero-order valence-electron chi connectivity index (χ0n) is 12.6. The lowest BCUT2D eigenvalue weighted by molar-refractivity contribution is -0.128. The zero-order chi connectivity index (χ0) is 16.1. The number of rotatable bonds is 4. The van der Waals surface area contributed by atoms with Crippen molar-refractivity contribution >= 4 is 40.8 Å². The van der Waals surface area contributed by atoms with Gasteiger partial charge in [0, 0.05) is 33.9 Å². The van der Waals surface area contributed by atoms with E-state index in [4.69, 9.17) is 0 Å². The topological polar surface area (TPSA) is 20.3 Å². The zero-order valence-corrected chi connectivity index (χ0v) is 15.1. The highest BCUT2D eigenvalue weighted by atomic mass is 32.2. The molecule has 1 amide bonds. The molecule has 2 heterocycles. The summed E-state index contributed by atoms with van der Waals surface area (Å²) < 4.78 is 12.9. The van der Waals surface area contributed by atoms with E-state index in [0.29, 0.717) is 11.0 Å². The van der Waals surface area contributed by atoms with Gasteiger partial charge in [-0.1, -0.05) is 6.07 Å². The van der Waals surface area contributed by atoms with Crippen molar-refractivity contribution in [3.63, 3.8) is 0 Å². The molecule has 1 fully saturated rings. The molecule has 0 spiro atoms. The van der Waals surface area contributed by atoms with Crippen LogP contribution < -0.4 is 0 Å². The Morgan fingerprint density at radius 3 is 2.83 bits per heavy atom. The monoisotopic (exact) mass is 367 g/mol. The van der Waals surface area contributed by atoms with Crippen molar-refractivity contribution in [3.05, 3.63) is 52.5 Å². The molecule has 0 N–H and O–H groups in total. The van der Waals surface area contributed by atoms with E-state index in [2.05, 4.69) is 17.5 Å². The second-order valence-electron chi connectivity index (χ2n) is 5.29. The van der Waals surface area contributed by atoms with Gasteiger partial charge in [0.1, 0.15) is 5.82 Å². The average molecular weight is 368 g/mol. The van der Waals surface area contributed by atoms with E-state index >= 15 is 0 Å². The molecule has 23 heavy (non-hydrogen) atoms. The van der Waals surface area contributed by atoms with Crippen LogP contribution in [0.25, 0.3) is 0 Å². The molecule has 2 aromatic rings. The molecule has 1 aromatic carbocycles. The summed E-state index contributed by atoms with van der Waals surface area (Å²) in [5.74, 6) is 1.33. The van der Waals surface area contributed by atoms with E-state index in [-0.39, 0.29) is 11.7 Å². The number of benzene rings is 1. The van der Waals surface area contributed by atoms with Crippen LogP contribution in [0, 0.1) is 5.82 Å². The van der Waals surface area contributed by atoms with Crippen LogP contribution in [0.4, 0.5) is 4.39 Å². The summed E-state index contributed by atoms with van der Waals surface area (Å²) in [5, 5.41) is 2.63. The number of hydrogen-bond acceptors (Lipinski definition) is 4. The van der Waals surface area contributed by atoms with Crippen LogP contribution in [0.5, 0.6) is 0 Å². The highest BCUT2D eigenvalue weighted by Crippen LogP contribution is 2.36. The van der Waals surface area contributed by atoms with Gasteiger partial charge in [-0.2, -0.15) is 11.8 Å². The third-order valence-corrected chi connectivity index (χ3v) is 7.17. The van der Waals surface area contributed by atoms with E-state index in [1.165, 1.54) is 28.8 Å². The van der Waals surface area contributed by atoms with Gasteiger partial charge in [-0.05, 0) is 42.1 Å². The van der Waals surface area contributed by atoms with Crippen LogP contribution in [0.2, 0.25) is 0 Å². The fourth-order valence-electron chi connectivity index (χ4n) is 2.49. The van der Waals surface area contributed by atoms with Crippen molar-refractivity contribution in [1.82, 2.24) is 4.90 Å². The number of thioether (sulfide) groups is 2. The lowest BCUT2D eigenvalue weighted by Crippen LogP contribution is -2.34. The number of hydrogen-bond donors (Lipinski definition) is 0. The first-order valence-electron chi connectivity index (χ1n) is 7.53. The molecule has 0 aliphatic carbocycles. The van der Waals surface area contributed by atoms with Gasteiger partial charge in [0.15, 0.2) is 0 Å². The molecule has 1 saturated heterocycles. The Morgan fingerprint density at radius 1 is 1.26 bits per heavy atom. The predicted octanol–water partition coefficient (Wildman–Crippen LogP) is 4.69. The second-order valence-corrected chi connectivity index (χ2v) is 8.63. The Balaban J connectivity index is 1.50. The Bertz CT molecular complexity index is 630. The minimum absolute atomic E-state index is 0.173. The molecule has 122 valence electrons. The van der Waals surface area contributed by atoms with Crippen LogP contribution in [0.3, 0.4) is 0 Å². The quantitative estimate of drug-likeness (QED) is 0.732. The lowest BCUT2D eigenvalue weighted by atomic mass is 10.2. The summed E-state index contributed by atoms with van der Waals surface area (Å²) in [6, 6.07) is 10.6. The molecule has 0 saturated carbocycles. The van der Waals surface area contributed by atoms with E-state index < -0.39 is 0 Å². The highest BCUT2D eigenvalue weighted by Gasteiger charge is 2.22. The Morgan fingerprint density at radius 2 is 2.09 bits per heavy atom. The first-order chi connectivity index (χ1) is 11.2. The second kappa shape index (κ2) is 8.22. The van der Waals surface area contributed by atoms with Gasteiger partial charge < -0.3 is 4.90 Å². The van der Waals surface area contributed by atoms with Gasteiger partial charge >= 0.3 is 0 Å². The average Bonchev–Trinajstić information content (AvgIpc) is 2.98. The first-order valence-corrected chi connectivity index (χ1v) is 10.4. The van der Waals surface area contributed by atoms with Gasteiger partial charge in [-0.3, -0.25) is 4.79 Å². The summed E-state index contributed by atoms with van der Waals surface area (Å²) in [5.41, 5.74) is 0. The lowest BCUT2D eigenvalue weighted by Gasteiger charge is -2.20. The summed E-state index contributed by atoms with van der Waals surface area (Å²) in [7, 11) is 0. The van der Waals surface area contributed by atoms with Gasteiger partial charge in [0.05, 0.1) is 5.75 Å². The van der Waals surface area contributed by atoms with Crippen molar-refractivity contribution in [3.8, 4) is 0 Å². The molecule has 6 heteroatoms. The summed E-state index contributed by atoms with van der Waals surface area (Å²) >= 11 is 5.22. The first kappa shape index (κ1) is 16.9. The molecular weight excluding hydrogens is 349 g/mol. The Hall–Kier alpha value is -0.980. The molecule has 3 rings (SSSR count). The molecule has 0 bridgehead atoms. The summed E-state index contributed by atoms with van der Waals surface area (Å²) in [6.45, 7) is 1.63. The van der Waals surface area contributed by atoms with Gasteiger partial charge in [-0.15, -0.1) is 23.1 Å². The van der Waals surface area contributed by atoms with Crippen molar-refractivity contribution in [2.24, 2.45) is 0 Å². The minimum Gasteiger partial charge on any atom is -0.341 e. The van der Waals surface area contributed by atoms with E-state index in [9.17, 15) is 9.18 Å². The number of carbonyl (C=O) groups is 1. The van der Waals surface area contributed by atoms with Crippen LogP contribution in [-0.2, 0) is 4.79 Å². The van der Waals surface area contributed by atoms with Crippen molar-refractivity contribution in [2.45, 2.75) is 16.6 Å². The molecule has 1 atom stereocenters. The van der Waals surface area contributed by atoms with Crippen LogP contribution in [0.15, 0.2) is 46.7 Å². The fourth-order valence-corrected chi connectivity index (χ4v) is 5.53. The van der Waals surface area contributed by atoms with E-state index in [0.717, 1.165) is 30.2 Å². The number of halogens is 1. The SMILES string of the molecule is O=C(CSc1ccc(F)cc1)N1CCSC(c2cccs2)CC1. The van der Waals surface area contributed by atoms with Crippen molar-refractivity contribution in [1.29, 1.82) is 0 Å². The molecule has 1 aliphatic heterocycles. The van der Waals surface area contributed by atoms with E-state index in [1.54, 1.807) is 23.5 Å². The third kappa shape index (κ3) is 4.75. The minimum atomic E-state index is -0.246. The number of amides is 1. The summed E-state index contributed by atoms with van der Waals surface area (Å²) in [6.07, 6.45) is 1.01. The molecule has 1 aromatic heterocycles. The molecule has 0 radical (unpaired) electrons. The maximum atomic E-state index is 12.9. The fraction of sp³-hybridized carbons (Fsp3) is 0.353. The van der Waals surface area contributed by atoms with Crippen LogP contribution in [0.1, 0.15) is 16.5 Å². The van der Waals surface area contributed by atoms with Crippen LogP contribution >= 0.6 is 34.9 Å². The van der Waals surface area contributed by atoms with Crippen molar-refractivity contribution in [2.75, 3.05) is 24.6 Å². The maximum absolute atomic E-state index is 12.9. The van der Waals surface area contributed by atoms with Gasteiger partial charge in [0.2, 0.25) is 5.91 Å². The highest BCUT2D eigenvalue weighted by molar-refractivity contribution is 8.00. The normalized spacial score (nSPS) is 18.7. The van der Waals surface area contributed by atoms with Gasteiger partial charge in [-0.25, -0.2) is 4.39 Å². The maximum Gasteiger partial charge on any atom is 0.232 e. The van der Waals surface area contributed by atoms with E-state index in [1.807, 2.05) is 16.7 Å². The number of carbonyl (C=O) groups excluding carboxylic acids is 1. The number of thiophene rings is 1. The van der Waals surface area contributed by atoms with Crippen LogP contribution in [-0.4, -0.2) is 35.4 Å². The third-order valence-electron chi connectivity index (χ3n) is 3.73. The Kier molecular flexibility index (Phi) is 6.02. The molecule has 1 aliphatic rings. The standard InChI is InChI=1S/C17H18FNOS3/c18-13-3-5-14(6-4-13)23-12-17(20)19-8-7-16(22-11-9-19)15-2-1-10-21-15/h1-6,10,16H,7-9,11-12H2. The smallest absolute Gasteiger partial charge is 0.232 e. The van der Waals surface area contributed by atoms with Crippen molar-refractivity contribution < 1.29 is 9.18 Å². The summed E-state index contributed by atoms with van der Waals surface area (Å²) in [4.78, 5) is 16.7. The largest absolute Gasteiger partial charge is 0.341 e.